The molecule has 5 aromatic rings. The van der Waals surface area contributed by atoms with Gasteiger partial charge in [-0.15, -0.1) is 0 Å². The van der Waals surface area contributed by atoms with Gasteiger partial charge in [-0.2, -0.15) is 0 Å². The molecule has 0 radical (unpaired) electrons. The molecule has 0 spiro atoms. The summed E-state index contributed by atoms with van der Waals surface area (Å²) < 4.78 is 72.6. The Morgan fingerprint density at radius 2 is 1.11 bits per heavy atom. The van der Waals surface area contributed by atoms with E-state index >= 15 is 0 Å². The Kier molecular flexibility index (Phi) is 16.0. The van der Waals surface area contributed by atoms with Crippen molar-refractivity contribution in [2.45, 2.75) is 66.3 Å². The Bertz CT molecular complexity index is 1910. The van der Waals surface area contributed by atoms with E-state index in [4.69, 9.17) is 27.9 Å². The summed E-state index contributed by atoms with van der Waals surface area (Å²) in [5.41, 5.74) is 5.13. The van der Waals surface area contributed by atoms with Crippen molar-refractivity contribution in [3.05, 3.63) is 179 Å². The molecule has 1 unspecified atom stereocenters. The molecule has 1 aliphatic heterocycles. The van der Waals surface area contributed by atoms with Crippen LogP contribution in [-0.2, 0) is 66.6 Å². The van der Waals surface area contributed by atoms with Crippen LogP contribution >= 0.6 is 0 Å². The van der Waals surface area contributed by atoms with Crippen molar-refractivity contribution in [2.24, 2.45) is 0 Å². The van der Waals surface area contributed by atoms with Gasteiger partial charge >= 0.3 is 331 Å². The van der Waals surface area contributed by atoms with E-state index in [-0.39, 0.29) is 28.4 Å². The Morgan fingerprint density at radius 3 is 1.64 bits per heavy atom. The molecular weight excluding hydrogens is 784 g/mol. The summed E-state index contributed by atoms with van der Waals surface area (Å²) in [4.78, 5) is -0.357. The number of hydrogen-bond donors (Lipinski definition) is 0. The standard InChI is InChI=1S/C44H48O9SSe/c45-54(46,47)53-31-40(50-28-37-20-10-3-11-21-37)42(32-48-26-35-16-6-1-7-17-35)55-34-41(51-29-38-22-12-4-13-23-38)44(52-30-39-24-14-5-15-25-39)43(55)33-49-27-36-18-8-2-9-19-36/h1-25,40-44H,26-34H2/p+1/t40-,41-,42+,43-,44+,55?/m1/s1. The molecule has 290 valence electrons. The van der Waals surface area contributed by atoms with Gasteiger partial charge in [0.05, 0.1) is 0 Å². The van der Waals surface area contributed by atoms with Crippen molar-refractivity contribution in [1.82, 2.24) is 0 Å². The molecule has 1 aliphatic rings. The van der Waals surface area contributed by atoms with E-state index in [1.54, 1.807) is 0 Å². The average molecular weight is 833 g/mol. The first-order chi connectivity index (χ1) is 26.9. The number of benzene rings is 5. The van der Waals surface area contributed by atoms with E-state index in [2.05, 4.69) is 0 Å². The zero-order chi connectivity index (χ0) is 38.1. The van der Waals surface area contributed by atoms with E-state index in [1.807, 2.05) is 152 Å². The van der Waals surface area contributed by atoms with Crippen LogP contribution < -0.4 is 0 Å². The van der Waals surface area contributed by atoms with Gasteiger partial charge in [0.15, 0.2) is 0 Å². The Morgan fingerprint density at radius 1 is 0.636 bits per heavy atom. The van der Waals surface area contributed by atoms with Crippen LogP contribution in [0.4, 0.5) is 0 Å². The summed E-state index contributed by atoms with van der Waals surface area (Å²) in [5.74, 6) is 0. The fourth-order valence-electron chi connectivity index (χ4n) is 6.62. The fourth-order valence-corrected chi connectivity index (χ4v) is 13.9. The van der Waals surface area contributed by atoms with E-state index in [9.17, 15) is 13.0 Å². The first-order valence-electron chi connectivity index (χ1n) is 18.5. The molecule has 6 atom stereocenters. The number of hydrogen-bond acceptors (Lipinski definition) is 8. The molecule has 0 aliphatic carbocycles. The second-order valence-electron chi connectivity index (χ2n) is 13.4. The SMILES string of the molecule is O=S(=O)([O-])OC[C@@H](OCc1ccccc1)[C@H](C[OH+]Cc1ccccc1)[Se+]1C[C@@H](OCc2ccccc2)[C@H](OCc2ccccc2)[C@H]1COCc1ccccc1. The van der Waals surface area contributed by atoms with Crippen molar-refractivity contribution >= 4 is 24.3 Å². The van der Waals surface area contributed by atoms with Gasteiger partial charge in [0, 0.05) is 0 Å². The van der Waals surface area contributed by atoms with E-state index in [1.165, 1.54) is 0 Å². The van der Waals surface area contributed by atoms with Crippen LogP contribution in [0.15, 0.2) is 152 Å². The molecule has 1 N–H and O–H groups in total. The molecule has 1 fully saturated rings. The van der Waals surface area contributed by atoms with Crippen LogP contribution in [0.5, 0.6) is 0 Å². The molecule has 55 heavy (non-hydrogen) atoms. The number of aliphatic hydroxyl groups is 2. The third-order valence-corrected chi connectivity index (χ3v) is 16.4. The van der Waals surface area contributed by atoms with Gasteiger partial charge in [-0.3, -0.25) is 0 Å². The maximum atomic E-state index is 11.9. The number of rotatable bonds is 22. The molecule has 11 heteroatoms. The van der Waals surface area contributed by atoms with Crippen molar-refractivity contribution in [2.75, 3.05) is 19.8 Å². The van der Waals surface area contributed by atoms with Crippen LogP contribution in [0, 0.1) is 0 Å². The Labute approximate surface area is 329 Å². The molecule has 6 rings (SSSR count). The van der Waals surface area contributed by atoms with Crippen LogP contribution in [0.3, 0.4) is 0 Å². The molecule has 1 heterocycles. The molecular formula is C44H49O9SSe+. The van der Waals surface area contributed by atoms with Gasteiger partial charge < -0.3 is 0 Å². The summed E-state index contributed by atoms with van der Waals surface area (Å²) in [6, 6.07) is 49.8. The maximum absolute atomic E-state index is 11.9. The van der Waals surface area contributed by atoms with Crippen molar-refractivity contribution in [3.8, 4) is 0 Å². The van der Waals surface area contributed by atoms with Crippen molar-refractivity contribution in [3.63, 3.8) is 0 Å². The van der Waals surface area contributed by atoms with Gasteiger partial charge in [-0.05, 0) is 0 Å². The third kappa shape index (κ3) is 13.5. The van der Waals surface area contributed by atoms with Gasteiger partial charge in [0.2, 0.25) is 0 Å². The predicted molar refractivity (Wildman–Crippen MR) is 212 cm³/mol. The number of ether oxygens (including phenoxy) is 5. The third-order valence-electron chi connectivity index (χ3n) is 9.40. The second kappa shape index (κ2) is 21.6. The molecule has 5 aromatic carbocycles. The topological polar surface area (TPSA) is 116 Å². The van der Waals surface area contributed by atoms with Gasteiger partial charge in [0.25, 0.3) is 0 Å². The fraction of sp³-hybridized carbons (Fsp3) is 0.318. The molecule has 0 aromatic heterocycles. The van der Waals surface area contributed by atoms with Gasteiger partial charge in [0.1, 0.15) is 0 Å². The summed E-state index contributed by atoms with van der Waals surface area (Å²) >= 11 is -1.97. The van der Waals surface area contributed by atoms with Gasteiger partial charge in [-0.25, -0.2) is 0 Å². The van der Waals surface area contributed by atoms with E-state index in [0.717, 1.165) is 27.8 Å². The Hall–Kier alpha value is -3.71. The normalized spacial score (nSPS) is 19.6. The van der Waals surface area contributed by atoms with E-state index < -0.39 is 37.0 Å². The van der Waals surface area contributed by atoms with Crippen LogP contribution in [0.2, 0.25) is 15.0 Å². The van der Waals surface area contributed by atoms with Crippen LogP contribution in [0.1, 0.15) is 27.8 Å². The monoisotopic (exact) mass is 833 g/mol. The zero-order valence-electron chi connectivity index (χ0n) is 30.7. The molecule has 0 bridgehead atoms. The first kappa shape index (κ1) is 40.9. The Balaban J connectivity index is 1.34. The minimum absolute atomic E-state index is 0.0863. The minimum atomic E-state index is -5.00. The first-order valence-corrected chi connectivity index (χ1v) is 23.0. The summed E-state index contributed by atoms with van der Waals surface area (Å²) in [6.07, 6.45) is -1.37. The molecule has 0 saturated carbocycles. The molecule has 1 saturated heterocycles. The summed E-state index contributed by atoms with van der Waals surface area (Å²) in [7, 11) is -5.00. The van der Waals surface area contributed by atoms with Gasteiger partial charge in [-0.1, -0.05) is 0 Å². The zero-order valence-corrected chi connectivity index (χ0v) is 33.2. The van der Waals surface area contributed by atoms with Crippen LogP contribution in [-0.4, -0.2) is 69.7 Å². The van der Waals surface area contributed by atoms with Crippen molar-refractivity contribution < 1.29 is 40.8 Å². The summed E-state index contributed by atoms with van der Waals surface area (Å²) in [6.45, 7) is 2.23. The second-order valence-corrected chi connectivity index (χ2v) is 19.6. The average Bonchev–Trinajstić information content (AvgIpc) is 3.56. The quantitative estimate of drug-likeness (QED) is 0.0307. The molecule has 9 nitrogen and oxygen atoms in total. The van der Waals surface area contributed by atoms with E-state index in [0.29, 0.717) is 45.0 Å². The van der Waals surface area contributed by atoms with Crippen molar-refractivity contribution in [1.29, 1.82) is 0 Å². The predicted octanol–water partition coefficient (Wildman–Crippen LogP) is 7.41. The summed E-state index contributed by atoms with van der Waals surface area (Å²) in [5, 5.41) is 0.687. The molecule has 0 amide bonds. The van der Waals surface area contributed by atoms with Crippen LogP contribution in [0.25, 0.3) is 0 Å².